The Morgan fingerprint density at radius 1 is 1.07 bits per heavy atom. The number of nitrogens with zero attached hydrogens (tertiary/aromatic N) is 3. The third-order valence-corrected chi connectivity index (χ3v) is 5.45. The first-order valence-corrected chi connectivity index (χ1v) is 10.2. The first-order valence-electron chi connectivity index (χ1n) is 10.2. The highest BCUT2D eigenvalue weighted by Gasteiger charge is 2.22. The number of aromatic nitrogens is 3. The summed E-state index contributed by atoms with van der Waals surface area (Å²) in [6, 6.07) is 16.5. The lowest BCUT2D eigenvalue weighted by molar-refractivity contribution is 0.0937. The molecule has 6 nitrogen and oxygen atoms in total. The number of hydrogen-bond donors (Lipinski definition) is 2. The van der Waals surface area contributed by atoms with E-state index in [-0.39, 0.29) is 24.4 Å². The summed E-state index contributed by atoms with van der Waals surface area (Å²) in [6.07, 6.45) is 3.77. The highest BCUT2D eigenvalue weighted by Crippen LogP contribution is 2.24. The van der Waals surface area contributed by atoms with E-state index < -0.39 is 0 Å². The molecular formula is C23H28ClN5O. The van der Waals surface area contributed by atoms with Crippen molar-refractivity contribution in [1.82, 2.24) is 25.6 Å². The van der Waals surface area contributed by atoms with Crippen LogP contribution in [0.5, 0.6) is 0 Å². The van der Waals surface area contributed by atoms with Crippen LogP contribution in [0.25, 0.3) is 0 Å². The third kappa shape index (κ3) is 5.07. The zero-order valence-electron chi connectivity index (χ0n) is 17.3. The molecule has 0 aliphatic carbocycles. The summed E-state index contributed by atoms with van der Waals surface area (Å²) in [6.45, 7) is 6.05. The fraction of sp³-hybridized carbons (Fsp3) is 0.348. The average Bonchev–Trinajstić information content (AvgIpc) is 3.23. The molecule has 158 valence electrons. The highest BCUT2D eigenvalue weighted by atomic mass is 35.5. The van der Waals surface area contributed by atoms with E-state index in [1.54, 1.807) is 6.20 Å². The van der Waals surface area contributed by atoms with Crippen LogP contribution in [0, 0.1) is 13.8 Å². The van der Waals surface area contributed by atoms with Gasteiger partial charge in [-0.05, 0) is 50.9 Å². The summed E-state index contributed by atoms with van der Waals surface area (Å²) >= 11 is 0. The zero-order valence-corrected chi connectivity index (χ0v) is 18.2. The number of halogens is 1. The second-order valence-electron chi connectivity index (χ2n) is 7.80. The van der Waals surface area contributed by atoms with Crippen LogP contribution < -0.4 is 10.6 Å². The van der Waals surface area contributed by atoms with Crippen molar-refractivity contribution in [3.63, 3.8) is 0 Å². The van der Waals surface area contributed by atoms with Gasteiger partial charge in [0.05, 0.1) is 18.3 Å². The van der Waals surface area contributed by atoms with E-state index in [1.165, 1.54) is 0 Å². The molecule has 7 heteroatoms. The first-order chi connectivity index (χ1) is 14.1. The van der Waals surface area contributed by atoms with Crippen molar-refractivity contribution in [3.8, 4) is 0 Å². The molecule has 3 aromatic rings. The summed E-state index contributed by atoms with van der Waals surface area (Å²) in [7, 11) is 0. The summed E-state index contributed by atoms with van der Waals surface area (Å²) < 4.78 is 1.84. The third-order valence-electron chi connectivity index (χ3n) is 5.45. The SMILES string of the molecule is Cc1cccc(C(NC(=O)c2cn(C3CCNCC3)nn2)c2cccc(C)c2)c1.Cl. The largest absolute Gasteiger partial charge is 0.340 e. The molecule has 1 aliphatic rings. The number of carbonyl (C=O) groups is 1. The van der Waals surface area contributed by atoms with E-state index in [4.69, 9.17) is 0 Å². The fourth-order valence-electron chi connectivity index (χ4n) is 3.89. The van der Waals surface area contributed by atoms with E-state index in [0.717, 1.165) is 48.2 Å². The lowest BCUT2D eigenvalue weighted by atomic mass is 9.96. The molecule has 0 radical (unpaired) electrons. The Balaban J connectivity index is 0.00000256. The fourth-order valence-corrected chi connectivity index (χ4v) is 3.89. The van der Waals surface area contributed by atoms with Crippen molar-refractivity contribution in [2.24, 2.45) is 0 Å². The summed E-state index contributed by atoms with van der Waals surface area (Å²) in [5, 5.41) is 14.9. The maximum Gasteiger partial charge on any atom is 0.274 e. The minimum atomic E-state index is -0.244. The molecule has 1 fully saturated rings. The van der Waals surface area contributed by atoms with Crippen molar-refractivity contribution in [2.45, 2.75) is 38.8 Å². The standard InChI is InChI=1S/C23H27N5O.ClH/c1-16-5-3-7-18(13-16)22(19-8-4-6-17(2)14-19)25-23(29)21-15-28(27-26-21)20-9-11-24-12-10-20;/h3-8,13-15,20,22,24H,9-12H2,1-2H3,(H,25,29);1H. The topological polar surface area (TPSA) is 71.8 Å². The number of rotatable bonds is 5. The molecule has 1 saturated heterocycles. The van der Waals surface area contributed by atoms with Crippen LogP contribution in [0.3, 0.4) is 0 Å². The molecule has 1 aliphatic heterocycles. The summed E-state index contributed by atoms with van der Waals surface area (Å²) in [5.41, 5.74) is 4.77. The number of piperidine rings is 1. The Labute approximate surface area is 183 Å². The van der Waals surface area contributed by atoms with Crippen molar-refractivity contribution in [1.29, 1.82) is 0 Å². The molecule has 0 unspecified atom stereocenters. The summed E-state index contributed by atoms with van der Waals surface area (Å²) in [4.78, 5) is 13.0. The lowest BCUT2D eigenvalue weighted by Gasteiger charge is -2.22. The number of nitrogens with one attached hydrogen (secondary N) is 2. The van der Waals surface area contributed by atoms with Gasteiger partial charge in [-0.15, -0.1) is 17.5 Å². The van der Waals surface area contributed by atoms with Gasteiger partial charge >= 0.3 is 0 Å². The molecule has 2 N–H and O–H groups in total. The van der Waals surface area contributed by atoms with Gasteiger partial charge in [0.2, 0.25) is 0 Å². The van der Waals surface area contributed by atoms with Crippen molar-refractivity contribution in [3.05, 3.63) is 82.7 Å². The molecule has 30 heavy (non-hydrogen) atoms. The second-order valence-corrected chi connectivity index (χ2v) is 7.80. The van der Waals surface area contributed by atoms with Crippen LogP contribution in [0.15, 0.2) is 54.7 Å². The van der Waals surface area contributed by atoms with Gasteiger partial charge in [0.1, 0.15) is 0 Å². The molecular weight excluding hydrogens is 398 g/mol. The van der Waals surface area contributed by atoms with Crippen LogP contribution in [-0.2, 0) is 0 Å². The highest BCUT2D eigenvalue weighted by molar-refractivity contribution is 5.92. The number of amides is 1. The smallest absolute Gasteiger partial charge is 0.274 e. The minimum absolute atomic E-state index is 0. The number of benzene rings is 2. The van der Waals surface area contributed by atoms with Gasteiger partial charge in [-0.2, -0.15) is 0 Å². The quantitative estimate of drug-likeness (QED) is 0.652. The maximum atomic E-state index is 13.0. The Morgan fingerprint density at radius 2 is 1.67 bits per heavy atom. The van der Waals surface area contributed by atoms with Gasteiger partial charge in [0, 0.05) is 0 Å². The van der Waals surface area contributed by atoms with E-state index in [1.807, 2.05) is 28.9 Å². The van der Waals surface area contributed by atoms with Gasteiger partial charge in [-0.25, -0.2) is 4.68 Å². The summed E-state index contributed by atoms with van der Waals surface area (Å²) in [5.74, 6) is -0.210. The van der Waals surface area contributed by atoms with Gasteiger partial charge in [-0.1, -0.05) is 64.9 Å². The van der Waals surface area contributed by atoms with E-state index in [9.17, 15) is 4.79 Å². The van der Waals surface area contributed by atoms with Crippen LogP contribution in [-0.4, -0.2) is 34.0 Å². The maximum absolute atomic E-state index is 13.0. The number of hydrogen-bond acceptors (Lipinski definition) is 4. The molecule has 1 amide bonds. The normalized spacial score (nSPS) is 14.4. The van der Waals surface area contributed by atoms with Crippen LogP contribution in [0.2, 0.25) is 0 Å². The van der Waals surface area contributed by atoms with Gasteiger partial charge in [0.15, 0.2) is 5.69 Å². The van der Waals surface area contributed by atoms with Crippen molar-refractivity contribution in [2.75, 3.05) is 13.1 Å². The van der Waals surface area contributed by atoms with Gasteiger partial charge < -0.3 is 10.6 Å². The van der Waals surface area contributed by atoms with E-state index in [2.05, 4.69) is 59.1 Å². The molecule has 0 saturated carbocycles. The molecule has 2 heterocycles. The van der Waals surface area contributed by atoms with E-state index in [0.29, 0.717) is 11.7 Å². The first kappa shape index (κ1) is 22.0. The van der Waals surface area contributed by atoms with Crippen molar-refractivity contribution >= 4 is 18.3 Å². The predicted molar refractivity (Wildman–Crippen MR) is 120 cm³/mol. The van der Waals surface area contributed by atoms with Crippen molar-refractivity contribution < 1.29 is 4.79 Å². The average molecular weight is 426 g/mol. The monoisotopic (exact) mass is 425 g/mol. The minimum Gasteiger partial charge on any atom is -0.340 e. The van der Waals surface area contributed by atoms with Crippen LogP contribution in [0.1, 0.15) is 57.7 Å². The molecule has 4 rings (SSSR count). The van der Waals surface area contributed by atoms with Crippen LogP contribution in [0.4, 0.5) is 0 Å². The zero-order chi connectivity index (χ0) is 20.2. The number of carbonyl (C=O) groups excluding carboxylic acids is 1. The van der Waals surface area contributed by atoms with Gasteiger partial charge in [-0.3, -0.25) is 4.79 Å². The Kier molecular flexibility index (Phi) is 7.24. The Bertz CT molecular complexity index is 951. The number of aryl methyl sites for hydroxylation is 2. The Morgan fingerprint density at radius 3 is 2.23 bits per heavy atom. The second kappa shape index (κ2) is 9.87. The Hall–Kier alpha value is -2.70. The van der Waals surface area contributed by atoms with Gasteiger partial charge in [0.25, 0.3) is 5.91 Å². The molecule has 0 atom stereocenters. The van der Waals surface area contributed by atoms with E-state index >= 15 is 0 Å². The van der Waals surface area contributed by atoms with Crippen LogP contribution >= 0.6 is 12.4 Å². The molecule has 1 aromatic heterocycles. The predicted octanol–water partition coefficient (Wildman–Crippen LogP) is 3.76. The molecule has 0 spiro atoms. The molecule has 2 aromatic carbocycles. The lowest BCUT2D eigenvalue weighted by Crippen LogP contribution is -2.30. The molecule has 0 bridgehead atoms.